The molecule has 0 fully saturated rings. The van der Waals surface area contributed by atoms with Crippen LogP contribution in [0.2, 0.25) is 0 Å². The summed E-state index contributed by atoms with van der Waals surface area (Å²) in [5.41, 5.74) is 1.11. The zero-order valence-electron chi connectivity index (χ0n) is 11.4. The summed E-state index contributed by atoms with van der Waals surface area (Å²) >= 11 is 4.56. The molecule has 1 aromatic carbocycles. The van der Waals surface area contributed by atoms with Crippen LogP contribution < -0.4 is 0 Å². The molecule has 1 aromatic heterocycles. The Morgan fingerprint density at radius 3 is 2.65 bits per heavy atom. The minimum Gasteiger partial charge on any atom is -0.466 e. The molecule has 0 aliphatic rings. The molecule has 2 atom stereocenters. The molecule has 4 heteroatoms. The second-order valence-corrected chi connectivity index (χ2v) is 5.37. The molecule has 0 bridgehead atoms. The molecular weight excluding hydrogens is 272 g/mol. The van der Waals surface area contributed by atoms with Gasteiger partial charge in [0.15, 0.2) is 0 Å². The van der Waals surface area contributed by atoms with Crippen LogP contribution >= 0.6 is 12.6 Å². The zero-order valence-corrected chi connectivity index (χ0v) is 12.3. The second-order valence-electron chi connectivity index (χ2n) is 4.75. The van der Waals surface area contributed by atoms with E-state index in [4.69, 9.17) is 9.15 Å². The summed E-state index contributed by atoms with van der Waals surface area (Å²) < 4.78 is 10.3. The zero-order chi connectivity index (χ0) is 14.4. The van der Waals surface area contributed by atoms with Gasteiger partial charge in [0.25, 0.3) is 0 Å². The van der Waals surface area contributed by atoms with Crippen molar-refractivity contribution >= 4 is 18.6 Å². The highest BCUT2D eigenvalue weighted by molar-refractivity contribution is 7.80. The predicted octanol–water partition coefficient (Wildman–Crippen LogP) is 4.02. The smallest absolute Gasteiger partial charge is 0.309 e. The van der Waals surface area contributed by atoms with Crippen LogP contribution in [0.5, 0.6) is 0 Å². The lowest BCUT2D eigenvalue weighted by Crippen LogP contribution is -2.16. The van der Waals surface area contributed by atoms with E-state index in [1.165, 1.54) is 0 Å². The van der Waals surface area contributed by atoms with Crippen LogP contribution in [0, 0.1) is 5.92 Å². The third-order valence-electron chi connectivity index (χ3n) is 3.10. The molecule has 2 unspecified atom stereocenters. The number of carbonyl (C=O) groups excluding carboxylic acids is 1. The van der Waals surface area contributed by atoms with Crippen LogP contribution in [0.25, 0.3) is 0 Å². The molecule has 0 saturated carbocycles. The Bertz CT molecular complexity index is 522. The van der Waals surface area contributed by atoms with Gasteiger partial charge in [0.1, 0.15) is 12.4 Å². The average Bonchev–Trinajstić information content (AvgIpc) is 2.98. The Balaban J connectivity index is 1.81. The molecule has 20 heavy (non-hydrogen) atoms. The van der Waals surface area contributed by atoms with Crippen LogP contribution in [0.15, 0.2) is 53.1 Å². The summed E-state index contributed by atoms with van der Waals surface area (Å²) in [6.45, 7) is 2.04. The maximum atomic E-state index is 11.9. The van der Waals surface area contributed by atoms with Gasteiger partial charge in [-0.05, 0) is 24.1 Å². The Kier molecular flexibility index (Phi) is 5.30. The van der Waals surface area contributed by atoms with E-state index >= 15 is 0 Å². The number of carbonyl (C=O) groups is 1. The summed E-state index contributed by atoms with van der Waals surface area (Å²) in [6.07, 6.45) is 2.20. The van der Waals surface area contributed by atoms with Gasteiger partial charge in [0.2, 0.25) is 0 Å². The number of hydrogen-bond acceptors (Lipinski definition) is 4. The first-order chi connectivity index (χ1) is 9.66. The highest BCUT2D eigenvalue weighted by atomic mass is 32.1. The van der Waals surface area contributed by atoms with Gasteiger partial charge < -0.3 is 9.15 Å². The number of hydrogen-bond donors (Lipinski definition) is 1. The van der Waals surface area contributed by atoms with Gasteiger partial charge in [-0.15, -0.1) is 0 Å². The van der Waals surface area contributed by atoms with E-state index in [1.807, 2.05) is 37.3 Å². The number of benzene rings is 1. The van der Waals surface area contributed by atoms with Gasteiger partial charge in [0.05, 0.1) is 12.2 Å². The van der Waals surface area contributed by atoms with E-state index in [0.29, 0.717) is 12.2 Å². The molecule has 0 saturated heterocycles. The van der Waals surface area contributed by atoms with Crippen molar-refractivity contribution in [2.75, 3.05) is 0 Å². The number of furan rings is 1. The van der Waals surface area contributed by atoms with Gasteiger partial charge in [-0.3, -0.25) is 4.79 Å². The Morgan fingerprint density at radius 2 is 2.00 bits per heavy atom. The van der Waals surface area contributed by atoms with Crippen molar-refractivity contribution in [2.24, 2.45) is 5.92 Å². The molecule has 2 aromatic rings. The van der Waals surface area contributed by atoms with Crippen LogP contribution in [0.3, 0.4) is 0 Å². The van der Waals surface area contributed by atoms with Crippen LogP contribution in [-0.4, -0.2) is 5.97 Å². The molecule has 3 nitrogen and oxygen atoms in total. The molecule has 2 rings (SSSR count). The van der Waals surface area contributed by atoms with E-state index in [9.17, 15) is 4.79 Å². The van der Waals surface area contributed by atoms with Crippen molar-refractivity contribution in [3.8, 4) is 0 Å². The van der Waals surface area contributed by atoms with Crippen molar-refractivity contribution in [1.82, 2.24) is 0 Å². The largest absolute Gasteiger partial charge is 0.466 e. The van der Waals surface area contributed by atoms with Gasteiger partial charge in [0, 0.05) is 5.25 Å². The maximum absolute atomic E-state index is 11.9. The fourth-order valence-corrected chi connectivity index (χ4v) is 2.41. The van der Waals surface area contributed by atoms with Crippen molar-refractivity contribution in [3.63, 3.8) is 0 Å². The topological polar surface area (TPSA) is 39.4 Å². The summed E-state index contributed by atoms with van der Waals surface area (Å²) in [5, 5.41) is 0.0300. The Morgan fingerprint density at radius 1 is 1.25 bits per heavy atom. The van der Waals surface area contributed by atoms with E-state index in [-0.39, 0.29) is 23.7 Å². The standard InChI is InChI=1S/C16H18O3S/c1-12(10-15(20)13-6-3-2-4-7-13)16(17)19-11-14-8-5-9-18-14/h2-9,12,15,20H,10-11H2,1H3. The van der Waals surface area contributed by atoms with Gasteiger partial charge in [-0.1, -0.05) is 37.3 Å². The highest BCUT2D eigenvalue weighted by Gasteiger charge is 2.19. The van der Waals surface area contributed by atoms with Crippen LogP contribution in [0.4, 0.5) is 0 Å². The van der Waals surface area contributed by atoms with Crippen molar-refractivity contribution < 1.29 is 13.9 Å². The summed E-state index contributed by atoms with van der Waals surface area (Å²) in [7, 11) is 0. The third kappa shape index (κ3) is 4.17. The molecule has 0 N–H and O–H groups in total. The quantitative estimate of drug-likeness (QED) is 0.645. The first-order valence-corrected chi connectivity index (χ1v) is 7.10. The lowest BCUT2D eigenvalue weighted by atomic mass is 10.0. The number of esters is 1. The first-order valence-electron chi connectivity index (χ1n) is 6.59. The maximum Gasteiger partial charge on any atom is 0.309 e. The lowest BCUT2D eigenvalue weighted by molar-refractivity contribution is -0.150. The molecule has 0 aliphatic heterocycles. The summed E-state index contributed by atoms with van der Waals surface area (Å²) in [5.74, 6) is 0.222. The molecular formula is C16H18O3S. The first kappa shape index (κ1) is 14.7. The van der Waals surface area contributed by atoms with Gasteiger partial charge in [-0.2, -0.15) is 12.6 Å². The molecule has 106 valence electrons. The van der Waals surface area contributed by atoms with Gasteiger partial charge in [-0.25, -0.2) is 0 Å². The van der Waals surface area contributed by atoms with E-state index < -0.39 is 0 Å². The van der Waals surface area contributed by atoms with Crippen molar-refractivity contribution in [3.05, 3.63) is 60.1 Å². The number of thiol groups is 1. The van der Waals surface area contributed by atoms with Crippen LogP contribution in [-0.2, 0) is 16.1 Å². The Hall–Kier alpha value is -1.68. The predicted molar refractivity (Wildman–Crippen MR) is 80.5 cm³/mol. The molecule has 0 amide bonds. The Labute approximate surface area is 124 Å². The lowest BCUT2D eigenvalue weighted by Gasteiger charge is -2.16. The van der Waals surface area contributed by atoms with E-state index in [0.717, 1.165) is 5.56 Å². The van der Waals surface area contributed by atoms with Crippen molar-refractivity contribution in [2.45, 2.75) is 25.2 Å². The summed E-state index contributed by atoms with van der Waals surface area (Å²) in [6, 6.07) is 13.5. The average molecular weight is 290 g/mol. The normalized spacial score (nSPS) is 13.7. The monoisotopic (exact) mass is 290 g/mol. The fourth-order valence-electron chi connectivity index (χ4n) is 1.92. The second kappa shape index (κ2) is 7.20. The minimum atomic E-state index is -0.226. The highest BCUT2D eigenvalue weighted by Crippen LogP contribution is 2.27. The summed E-state index contributed by atoms with van der Waals surface area (Å²) in [4.78, 5) is 11.9. The number of ether oxygens (including phenoxy) is 1. The van der Waals surface area contributed by atoms with Crippen LogP contribution in [0.1, 0.15) is 29.9 Å². The molecule has 0 radical (unpaired) electrons. The fraction of sp³-hybridized carbons (Fsp3) is 0.312. The number of rotatable bonds is 6. The van der Waals surface area contributed by atoms with Crippen molar-refractivity contribution in [1.29, 1.82) is 0 Å². The SMILES string of the molecule is CC(CC(S)c1ccccc1)C(=O)OCc1ccco1. The third-order valence-corrected chi connectivity index (χ3v) is 3.61. The molecule has 0 spiro atoms. The van der Waals surface area contributed by atoms with Gasteiger partial charge >= 0.3 is 5.97 Å². The van der Waals surface area contributed by atoms with E-state index in [1.54, 1.807) is 18.4 Å². The van der Waals surface area contributed by atoms with E-state index in [2.05, 4.69) is 12.6 Å². The molecule has 0 aliphatic carbocycles. The minimum absolute atomic E-state index is 0.0300. The molecule has 1 heterocycles.